The Morgan fingerprint density at radius 2 is 1.73 bits per heavy atom. The summed E-state index contributed by atoms with van der Waals surface area (Å²) in [6.07, 6.45) is 3.58. The van der Waals surface area contributed by atoms with Crippen molar-refractivity contribution in [2.24, 2.45) is 0 Å². The van der Waals surface area contributed by atoms with Crippen LogP contribution in [0.15, 0.2) is 42.5 Å². The summed E-state index contributed by atoms with van der Waals surface area (Å²) in [6.45, 7) is 0.714. The molecule has 0 unspecified atom stereocenters. The van der Waals surface area contributed by atoms with E-state index in [1.807, 2.05) is 30.3 Å². The first-order chi connectivity index (χ1) is 12.8. The molecule has 3 aromatic rings. The first-order valence-corrected chi connectivity index (χ1v) is 9.00. The van der Waals surface area contributed by atoms with E-state index in [4.69, 9.17) is 19.4 Å². The number of aromatic nitrogens is 2. The van der Waals surface area contributed by atoms with Gasteiger partial charge in [0.15, 0.2) is 11.5 Å². The van der Waals surface area contributed by atoms with Gasteiger partial charge in [0, 0.05) is 23.9 Å². The summed E-state index contributed by atoms with van der Waals surface area (Å²) in [5.74, 6) is 3.60. The molecule has 5 heteroatoms. The number of nitrogens with zero attached hydrogens (tertiary/aromatic N) is 2. The monoisotopic (exact) mass is 349 g/mol. The van der Waals surface area contributed by atoms with E-state index in [0.717, 1.165) is 35.4 Å². The summed E-state index contributed by atoms with van der Waals surface area (Å²) >= 11 is 0. The van der Waals surface area contributed by atoms with Crippen LogP contribution in [0.5, 0.6) is 11.5 Å². The van der Waals surface area contributed by atoms with Crippen LogP contribution < -0.4 is 14.8 Å². The number of benzene rings is 2. The van der Waals surface area contributed by atoms with Crippen LogP contribution in [0.1, 0.15) is 36.6 Å². The number of nitrogens with one attached hydrogen (secondary N) is 1. The molecule has 5 nitrogen and oxygen atoms in total. The lowest BCUT2D eigenvalue weighted by Gasteiger charge is -2.25. The van der Waals surface area contributed by atoms with Gasteiger partial charge in [0.25, 0.3) is 0 Å². The Hall–Kier alpha value is -2.82. The normalized spacial score (nSPS) is 14.1. The van der Waals surface area contributed by atoms with Crippen LogP contribution in [0.2, 0.25) is 0 Å². The lowest BCUT2D eigenvalue weighted by atomic mass is 9.85. The first-order valence-electron chi connectivity index (χ1n) is 9.00. The minimum absolute atomic E-state index is 0.463. The van der Waals surface area contributed by atoms with Crippen molar-refractivity contribution in [3.63, 3.8) is 0 Å². The van der Waals surface area contributed by atoms with Crippen molar-refractivity contribution in [2.75, 3.05) is 19.5 Å². The minimum Gasteiger partial charge on any atom is -0.493 e. The summed E-state index contributed by atoms with van der Waals surface area (Å²) in [5, 5.41) is 4.43. The quantitative estimate of drug-likeness (QED) is 0.709. The van der Waals surface area contributed by atoms with Crippen LogP contribution in [-0.2, 0) is 6.54 Å². The molecule has 1 aliphatic carbocycles. The van der Waals surface area contributed by atoms with Crippen LogP contribution in [0.3, 0.4) is 0 Å². The Kier molecular flexibility index (Phi) is 4.61. The Morgan fingerprint density at radius 1 is 1.00 bits per heavy atom. The third-order valence-electron chi connectivity index (χ3n) is 4.99. The van der Waals surface area contributed by atoms with E-state index >= 15 is 0 Å². The maximum Gasteiger partial charge on any atom is 0.162 e. The molecule has 0 bridgehead atoms. The van der Waals surface area contributed by atoms with E-state index in [1.54, 1.807) is 14.2 Å². The zero-order valence-electron chi connectivity index (χ0n) is 15.2. The van der Waals surface area contributed by atoms with E-state index < -0.39 is 0 Å². The molecule has 26 heavy (non-hydrogen) atoms. The third kappa shape index (κ3) is 3.17. The predicted molar refractivity (Wildman–Crippen MR) is 103 cm³/mol. The molecule has 1 aromatic heterocycles. The first kappa shape index (κ1) is 16.6. The van der Waals surface area contributed by atoms with Crippen LogP contribution in [0.25, 0.3) is 10.9 Å². The molecular weight excluding hydrogens is 326 g/mol. The predicted octanol–water partition coefficient (Wildman–Crippen LogP) is 4.53. The van der Waals surface area contributed by atoms with Crippen molar-refractivity contribution in [3.05, 3.63) is 53.9 Å². The van der Waals surface area contributed by atoms with Gasteiger partial charge in [0.2, 0.25) is 0 Å². The second-order valence-corrected chi connectivity index (χ2v) is 6.62. The number of fused-ring (bicyclic) bond motifs is 1. The minimum atomic E-state index is 0.463. The zero-order chi connectivity index (χ0) is 17.9. The average molecular weight is 349 g/mol. The van der Waals surface area contributed by atoms with Crippen molar-refractivity contribution in [3.8, 4) is 11.5 Å². The van der Waals surface area contributed by atoms with Gasteiger partial charge in [-0.1, -0.05) is 36.8 Å². The van der Waals surface area contributed by atoms with Crippen molar-refractivity contribution >= 4 is 16.7 Å². The van der Waals surface area contributed by atoms with Gasteiger partial charge >= 0.3 is 0 Å². The number of anilines is 1. The van der Waals surface area contributed by atoms with Crippen molar-refractivity contribution < 1.29 is 9.47 Å². The van der Waals surface area contributed by atoms with E-state index in [-0.39, 0.29) is 0 Å². The molecule has 1 aliphatic rings. The Morgan fingerprint density at radius 3 is 2.38 bits per heavy atom. The molecule has 134 valence electrons. The fourth-order valence-electron chi connectivity index (χ4n) is 3.24. The number of hydrogen-bond donors (Lipinski definition) is 1. The van der Waals surface area contributed by atoms with Crippen LogP contribution >= 0.6 is 0 Å². The summed E-state index contributed by atoms with van der Waals surface area (Å²) in [7, 11) is 3.29. The van der Waals surface area contributed by atoms with Gasteiger partial charge in [0.1, 0.15) is 11.6 Å². The SMILES string of the molecule is COc1cc2nc(C3CCC3)nc(NCc3ccccc3)c2cc1OC. The van der Waals surface area contributed by atoms with E-state index in [0.29, 0.717) is 24.0 Å². The Bertz CT molecular complexity index is 908. The molecule has 2 aromatic carbocycles. The number of rotatable bonds is 6. The molecule has 1 saturated carbocycles. The van der Waals surface area contributed by atoms with Gasteiger partial charge in [-0.15, -0.1) is 0 Å². The summed E-state index contributed by atoms with van der Waals surface area (Å²) in [4.78, 5) is 9.66. The molecule has 0 amide bonds. The van der Waals surface area contributed by atoms with Crippen LogP contribution in [0.4, 0.5) is 5.82 Å². The largest absolute Gasteiger partial charge is 0.493 e. The lowest BCUT2D eigenvalue weighted by Crippen LogP contribution is -2.14. The zero-order valence-corrected chi connectivity index (χ0v) is 15.2. The van der Waals surface area contributed by atoms with E-state index in [1.165, 1.54) is 12.0 Å². The fourth-order valence-corrected chi connectivity index (χ4v) is 3.24. The molecule has 1 fully saturated rings. The average Bonchev–Trinajstić information content (AvgIpc) is 2.64. The molecule has 0 atom stereocenters. The molecular formula is C21H23N3O2. The highest BCUT2D eigenvalue weighted by Crippen LogP contribution is 2.38. The number of hydrogen-bond acceptors (Lipinski definition) is 5. The summed E-state index contributed by atoms with van der Waals surface area (Å²) in [5.41, 5.74) is 2.10. The maximum absolute atomic E-state index is 5.46. The van der Waals surface area contributed by atoms with Gasteiger partial charge in [-0.3, -0.25) is 0 Å². The van der Waals surface area contributed by atoms with Crippen molar-refractivity contribution in [2.45, 2.75) is 31.7 Å². The maximum atomic E-state index is 5.46. The highest BCUT2D eigenvalue weighted by molar-refractivity contribution is 5.91. The highest BCUT2D eigenvalue weighted by Gasteiger charge is 2.24. The van der Waals surface area contributed by atoms with Gasteiger partial charge in [-0.2, -0.15) is 0 Å². The molecule has 0 aliphatic heterocycles. The second kappa shape index (κ2) is 7.20. The second-order valence-electron chi connectivity index (χ2n) is 6.62. The van der Waals surface area contributed by atoms with Crippen molar-refractivity contribution in [1.82, 2.24) is 9.97 Å². The molecule has 4 rings (SSSR count). The lowest BCUT2D eigenvalue weighted by molar-refractivity contribution is 0.355. The number of ether oxygens (including phenoxy) is 2. The molecule has 0 spiro atoms. The molecule has 0 radical (unpaired) electrons. The van der Waals surface area contributed by atoms with E-state index in [2.05, 4.69) is 17.4 Å². The summed E-state index contributed by atoms with van der Waals surface area (Å²) in [6, 6.07) is 14.2. The van der Waals surface area contributed by atoms with Gasteiger partial charge < -0.3 is 14.8 Å². The molecule has 1 N–H and O–H groups in total. The van der Waals surface area contributed by atoms with Crippen molar-refractivity contribution in [1.29, 1.82) is 0 Å². The topological polar surface area (TPSA) is 56.3 Å². The van der Waals surface area contributed by atoms with Gasteiger partial charge in [-0.05, 0) is 24.5 Å². The summed E-state index contributed by atoms with van der Waals surface area (Å²) < 4.78 is 10.9. The third-order valence-corrected chi connectivity index (χ3v) is 4.99. The smallest absolute Gasteiger partial charge is 0.162 e. The van der Waals surface area contributed by atoms with E-state index in [9.17, 15) is 0 Å². The van der Waals surface area contributed by atoms with Gasteiger partial charge in [-0.25, -0.2) is 9.97 Å². The molecule has 1 heterocycles. The van der Waals surface area contributed by atoms with Crippen LogP contribution in [0, 0.1) is 0 Å². The number of methoxy groups -OCH3 is 2. The Labute approximate surface area is 153 Å². The van der Waals surface area contributed by atoms with Crippen LogP contribution in [-0.4, -0.2) is 24.2 Å². The standard InChI is InChI=1S/C21H23N3O2/c1-25-18-11-16-17(12-19(18)26-2)23-20(15-9-6-10-15)24-21(16)22-13-14-7-4-3-5-8-14/h3-5,7-8,11-12,15H,6,9-10,13H2,1-2H3,(H,22,23,24). The van der Waals surface area contributed by atoms with Gasteiger partial charge in [0.05, 0.1) is 19.7 Å². The highest BCUT2D eigenvalue weighted by atomic mass is 16.5. The molecule has 0 saturated heterocycles. The Balaban J connectivity index is 1.76. The fraction of sp³-hybridized carbons (Fsp3) is 0.333.